The minimum Gasteiger partial charge on any atom is -0.632 e. The highest BCUT2D eigenvalue weighted by atomic mass is 16.5. The van der Waals surface area contributed by atoms with Crippen LogP contribution in [0.1, 0.15) is 28.3 Å². The van der Waals surface area contributed by atoms with Gasteiger partial charge >= 0.3 is 0 Å². The number of methoxy groups -OCH3 is 4. The van der Waals surface area contributed by atoms with Gasteiger partial charge in [-0.2, -0.15) is 0 Å². The van der Waals surface area contributed by atoms with Gasteiger partial charge in [0.15, 0.2) is 23.0 Å². The summed E-state index contributed by atoms with van der Waals surface area (Å²) in [5.74, 6) is 2.75. The quantitative estimate of drug-likeness (QED) is 0.609. The Bertz CT molecular complexity index is 881. The van der Waals surface area contributed by atoms with E-state index in [1.54, 1.807) is 28.4 Å². The average Bonchev–Trinajstić information content (AvgIpc) is 2.69. The highest BCUT2D eigenvalue weighted by Gasteiger charge is 2.41. The first kappa shape index (κ1) is 17.9. The Kier molecular flexibility index (Phi) is 4.40. The summed E-state index contributed by atoms with van der Waals surface area (Å²) in [4.78, 5) is 0. The van der Waals surface area contributed by atoms with Crippen LogP contribution in [0.5, 0.6) is 23.0 Å². The van der Waals surface area contributed by atoms with Gasteiger partial charge < -0.3 is 28.8 Å². The number of fused-ring (bicyclic) bond motifs is 4. The van der Waals surface area contributed by atoms with Gasteiger partial charge in [-0.15, -0.1) is 0 Å². The lowest BCUT2D eigenvalue weighted by Gasteiger charge is -2.54. The molecule has 2 aromatic rings. The van der Waals surface area contributed by atoms with Crippen molar-refractivity contribution in [2.24, 2.45) is 0 Å². The van der Waals surface area contributed by atoms with Crippen molar-refractivity contribution in [3.8, 4) is 23.0 Å². The molecule has 0 N–H and O–H groups in total. The monoisotopic (exact) mass is 371 g/mol. The number of hydroxylamine groups is 3. The number of benzene rings is 2. The number of rotatable bonds is 4. The van der Waals surface area contributed by atoms with E-state index in [9.17, 15) is 5.21 Å². The minimum absolute atomic E-state index is 0.154. The lowest BCUT2D eigenvalue weighted by atomic mass is 9.83. The van der Waals surface area contributed by atoms with Gasteiger partial charge in [-0.25, -0.2) is 0 Å². The van der Waals surface area contributed by atoms with E-state index >= 15 is 0 Å². The van der Waals surface area contributed by atoms with Gasteiger partial charge in [0.05, 0.1) is 35.0 Å². The molecule has 0 saturated carbocycles. The van der Waals surface area contributed by atoms with Crippen LogP contribution in [-0.2, 0) is 19.4 Å². The van der Waals surface area contributed by atoms with Crippen LogP contribution < -0.4 is 18.9 Å². The Labute approximate surface area is 159 Å². The second kappa shape index (κ2) is 6.62. The molecule has 2 aliphatic heterocycles. The van der Waals surface area contributed by atoms with Crippen molar-refractivity contribution in [1.82, 2.24) is 0 Å². The summed E-state index contributed by atoms with van der Waals surface area (Å²) in [5, 5.41) is 13.7. The maximum absolute atomic E-state index is 13.7. The first-order valence-electron chi connectivity index (χ1n) is 9.09. The first-order valence-corrected chi connectivity index (χ1v) is 9.09. The Morgan fingerprint density at radius 1 is 0.778 bits per heavy atom. The van der Waals surface area contributed by atoms with Gasteiger partial charge in [0, 0.05) is 24.0 Å². The molecule has 144 valence electrons. The molecule has 0 unspecified atom stereocenters. The van der Waals surface area contributed by atoms with Crippen LogP contribution in [0.2, 0.25) is 0 Å². The van der Waals surface area contributed by atoms with Gasteiger partial charge in [-0.1, -0.05) is 0 Å². The van der Waals surface area contributed by atoms with Gasteiger partial charge in [0.25, 0.3) is 0 Å². The average molecular weight is 371 g/mol. The smallest absolute Gasteiger partial charge is 0.161 e. The lowest BCUT2D eigenvalue weighted by Crippen LogP contribution is -2.52. The molecule has 0 aromatic heterocycles. The van der Waals surface area contributed by atoms with Crippen molar-refractivity contribution >= 4 is 0 Å². The fourth-order valence-corrected chi connectivity index (χ4v) is 4.45. The summed E-state index contributed by atoms with van der Waals surface area (Å²) in [7, 11) is 6.51. The maximum atomic E-state index is 13.7. The van der Waals surface area contributed by atoms with Crippen molar-refractivity contribution in [2.45, 2.75) is 25.4 Å². The van der Waals surface area contributed by atoms with Crippen molar-refractivity contribution < 1.29 is 23.6 Å². The summed E-state index contributed by atoms with van der Waals surface area (Å²) >= 11 is 0. The molecule has 6 nitrogen and oxygen atoms in total. The topological polar surface area (TPSA) is 60.0 Å². The predicted octanol–water partition coefficient (Wildman–Crippen LogP) is 3.39. The first-order chi connectivity index (χ1) is 13.0. The molecule has 4 rings (SSSR count). The fraction of sp³-hybridized carbons (Fsp3) is 0.429. The van der Waals surface area contributed by atoms with Crippen molar-refractivity contribution in [3.05, 3.63) is 51.7 Å². The largest absolute Gasteiger partial charge is 0.632 e. The summed E-state index contributed by atoms with van der Waals surface area (Å²) in [6, 6.07) is 7.80. The second-order valence-corrected chi connectivity index (χ2v) is 7.19. The normalized spacial score (nSPS) is 22.9. The van der Waals surface area contributed by atoms with Crippen molar-refractivity contribution in [1.29, 1.82) is 0 Å². The Morgan fingerprint density at radius 2 is 1.30 bits per heavy atom. The van der Waals surface area contributed by atoms with E-state index in [0.717, 1.165) is 23.1 Å². The second-order valence-electron chi connectivity index (χ2n) is 7.19. The molecule has 2 heterocycles. The van der Waals surface area contributed by atoms with Gasteiger partial charge in [-0.3, -0.25) is 0 Å². The molecule has 0 aliphatic carbocycles. The molecule has 0 fully saturated rings. The van der Waals surface area contributed by atoms with Crippen LogP contribution in [0.4, 0.5) is 0 Å². The summed E-state index contributed by atoms with van der Waals surface area (Å²) in [5.41, 5.74) is 4.42. The lowest BCUT2D eigenvalue weighted by molar-refractivity contribution is -0.928. The third-order valence-corrected chi connectivity index (χ3v) is 5.89. The zero-order chi connectivity index (χ0) is 19.2. The Hall–Kier alpha value is -2.44. The molecule has 0 amide bonds. The van der Waals surface area contributed by atoms with E-state index in [0.29, 0.717) is 42.5 Å². The number of ether oxygens (including phenoxy) is 4. The van der Waals surface area contributed by atoms with E-state index in [4.69, 9.17) is 18.9 Å². The molecule has 6 heteroatoms. The number of hydrogen-bond donors (Lipinski definition) is 0. The van der Waals surface area contributed by atoms with Gasteiger partial charge in [0.1, 0.15) is 12.6 Å². The zero-order valence-electron chi connectivity index (χ0n) is 16.2. The van der Waals surface area contributed by atoms with Crippen LogP contribution in [0.25, 0.3) is 0 Å². The predicted molar refractivity (Wildman–Crippen MR) is 101 cm³/mol. The highest BCUT2D eigenvalue weighted by molar-refractivity contribution is 5.52. The van der Waals surface area contributed by atoms with E-state index in [2.05, 4.69) is 0 Å². The molecule has 2 aromatic carbocycles. The fourth-order valence-electron chi connectivity index (χ4n) is 4.45. The van der Waals surface area contributed by atoms with Crippen LogP contribution in [-0.4, -0.2) is 39.6 Å². The van der Waals surface area contributed by atoms with Crippen molar-refractivity contribution in [3.63, 3.8) is 0 Å². The minimum atomic E-state index is -0.245. The molecule has 0 radical (unpaired) electrons. The molecule has 2 atom stereocenters. The van der Waals surface area contributed by atoms with Crippen LogP contribution in [0.3, 0.4) is 0 Å². The molecule has 27 heavy (non-hydrogen) atoms. The Morgan fingerprint density at radius 3 is 1.89 bits per heavy atom. The third kappa shape index (κ3) is 2.80. The molecular weight excluding hydrogens is 346 g/mol. The molecule has 0 saturated heterocycles. The van der Waals surface area contributed by atoms with E-state index in [-0.39, 0.29) is 10.7 Å². The van der Waals surface area contributed by atoms with Gasteiger partial charge in [-0.05, 0) is 35.4 Å². The molecular formula is C21H25NO5. The SMILES string of the molecule is COc1cc2c(cc1OC)C[N@@+]1([O-])CCc3cc(OC)c(OC)cc3[C@H]1C2. The summed E-state index contributed by atoms with van der Waals surface area (Å²) < 4.78 is 21.5. The molecule has 2 aliphatic rings. The summed E-state index contributed by atoms with van der Waals surface area (Å²) in [6.45, 7) is 0.995. The van der Waals surface area contributed by atoms with E-state index in [1.807, 2.05) is 24.3 Å². The van der Waals surface area contributed by atoms with Gasteiger partial charge in [0.2, 0.25) is 0 Å². The van der Waals surface area contributed by atoms with E-state index in [1.165, 1.54) is 5.56 Å². The number of nitrogens with zero attached hydrogens (tertiary/aromatic N) is 1. The highest BCUT2D eigenvalue weighted by Crippen LogP contribution is 2.47. The third-order valence-electron chi connectivity index (χ3n) is 5.89. The molecule has 0 bridgehead atoms. The van der Waals surface area contributed by atoms with E-state index < -0.39 is 0 Å². The zero-order valence-corrected chi connectivity index (χ0v) is 16.2. The van der Waals surface area contributed by atoms with Crippen molar-refractivity contribution in [2.75, 3.05) is 35.0 Å². The summed E-state index contributed by atoms with van der Waals surface area (Å²) in [6.07, 6.45) is 1.40. The van der Waals surface area contributed by atoms with Crippen LogP contribution in [0, 0.1) is 5.21 Å². The standard InChI is InChI=1S/C21H25NO5/c1-24-18-8-13-5-6-22(23)12-15-10-20(26-3)19(25-2)9-14(15)7-17(22)16(13)11-21(18)27-4/h8-11,17H,5-7,12H2,1-4H3/t17-,22+/m1/s1. The molecule has 0 spiro atoms. The number of quaternary nitrogens is 1. The van der Waals surface area contributed by atoms with Crippen LogP contribution >= 0.6 is 0 Å². The maximum Gasteiger partial charge on any atom is 0.161 e. The number of hydrogen-bond acceptors (Lipinski definition) is 5. The van der Waals surface area contributed by atoms with Crippen LogP contribution in [0.15, 0.2) is 24.3 Å². The Balaban J connectivity index is 1.80.